The van der Waals surface area contributed by atoms with Crippen LogP contribution in [-0.4, -0.2) is 67.6 Å². The number of aryl methyl sites for hydroxylation is 1. The fourth-order valence-corrected chi connectivity index (χ4v) is 3.39. The SMILES string of the molecule is Cc1ccc(CN2C(=O)N(CCC(O)=[OH+])C(O)N=C2Nc2ccccc2C(=O)NC(C)C)cc1. The molecule has 2 aromatic carbocycles. The summed E-state index contributed by atoms with van der Waals surface area (Å²) in [5.74, 6) is -1.07. The third-order valence-electron chi connectivity index (χ3n) is 5.12. The number of hydrogen-bond acceptors (Lipinski definition) is 5. The quantitative estimate of drug-likeness (QED) is 0.441. The molecule has 1 heterocycles. The van der Waals surface area contributed by atoms with E-state index in [0.717, 1.165) is 16.0 Å². The van der Waals surface area contributed by atoms with Crippen LogP contribution in [0.5, 0.6) is 0 Å². The molecular formula is C24H30N5O5+. The molecule has 0 spiro atoms. The third-order valence-corrected chi connectivity index (χ3v) is 5.12. The fraction of sp³-hybridized carbons (Fsp3) is 0.333. The van der Waals surface area contributed by atoms with Crippen LogP contribution in [-0.2, 0) is 6.54 Å². The van der Waals surface area contributed by atoms with Gasteiger partial charge in [-0.25, -0.2) is 4.79 Å². The highest BCUT2D eigenvalue weighted by atomic mass is 16.4. The van der Waals surface area contributed by atoms with E-state index in [1.807, 2.05) is 45.0 Å². The fourth-order valence-electron chi connectivity index (χ4n) is 3.39. The van der Waals surface area contributed by atoms with E-state index in [-0.39, 0.29) is 37.4 Å². The molecular weight excluding hydrogens is 438 g/mol. The minimum Gasteiger partial charge on any atom is -0.355 e. The zero-order chi connectivity index (χ0) is 24.8. The van der Waals surface area contributed by atoms with Crippen molar-refractivity contribution in [2.45, 2.75) is 46.1 Å². The predicted molar refractivity (Wildman–Crippen MR) is 129 cm³/mol. The number of benzene rings is 2. The second-order valence-electron chi connectivity index (χ2n) is 8.31. The first-order valence-corrected chi connectivity index (χ1v) is 11.0. The van der Waals surface area contributed by atoms with Gasteiger partial charge in [0.25, 0.3) is 5.91 Å². The van der Waals surface area contributed by atoms with Crippen LogP contribution in [0, 0.1) is 6.92 Å². The number of aliphatic carboxylic acids is 1. The Hall–Kier alpha value is -3.92. The van der Waals surface area contributed by atoms with Gasteiger partial charge in [0.1, 0.15) is 6.42 Å². The molecule has 180 valence electrons. The van der Waals surface area contributed by atoms with Gasteiger partial charge in [-0.3, -0.25) is 14.6 Å². The molecule has 0 saturated carbocycles. The highest BCUT2D eigenvalue weighted by molar-refractivity contribution is 6.09. The van der Waals surface area contributed by atoms with Crippen molar-refractivity contribution in [2.75, 3.05) is 11.9 Å². The summed E-state index contributed by atoms with van der Waals surface area (Å²) in [4.78, 5) is 41.7. The number of rotatable bonds is 8. The number of urea groups is 1. The number of carbonyl (C=O) groups excluding carboxylic acids is 2. The zero-order valence-corrected chi connectivity index (χ0v) is 19.4. The van der Waals surface area contributed by atoms with E-state index in [9.17, 15) is 14.7 Å². The van der Waals surface area contributed by atoms with Crippen molar-refractivity contribution < 1.29 is 24.6 Å². The largest absolute Gasteiger partial charge is 0.482 e. The Morgan fingerprint density at radius 2 is 1.85 bits per heavy atom. The molecule has 0 bridgehead atoms. The smallest absolute Gasteiger partial charge is 0.355 e. The van der Waals surface area contributed by atoms with Crippen LogP contribution < -0.4 is 10.6 Å². The first-order chi connectivity index (χ1) is 16.2. The molecule has 34 heavy (non-hydrogen) atoms. The molecule has 1 aliphatic heterocycles. The maximum atomic E-state index is 13.3. The van der Waals surface area contributed by atoms with Crippen molar-refractivity contribution in [1.82, 2.24) is 15.1 Å². The summed E-state index contributed by atoms with van der Waals surface area (Å²) in [6.45, 7) is 5.67. The van der Waals surface area contributed by atoms with Gasteiger partial charge in [-0.05, 0) is 38.5 Å². The van der Waals surface area contributed by atoms with Crippen LogP contribution in [0.25, 0.3) is 0 Å². The first-order valence-electron chi connectivity index (χ1n) is 11.0. The van der Waals surface area contributed by atoms with Crippen LogP contribution in [0.1, 0.15) is 41.8 Å². The average molecular weight is 469 g/mol. The number of carboxylic acid groups (broad SMARTS) is 1. The van der Waals surface area contributed by atoms with E-state index < -0.39 is 18.4 Å². The minimum atomic E-state index is -1.54. The minimum absolute atomic E-state index is 0.0660. The summed E-state index contributed by atoms with van der Waals surface area (Å²) in [5.41, 5.74) is 2.67. The Morgan fingerprint density at radius 1 is 1.18 bits per heavy atom. The summed E-state index contributed by atoms with van der Waals surface area (Å²) >= 11 is 0. The Morgan fingerprint density at radius 3 is 2.50 bits per heavy atom. The van der Waals surface area contributed by atoms with Gasteiger partial charge in [0.2, 0.25) is 12.3 Å². The number of aliphatic imine (C=N–C) groups is 1. The highest BCUT2D eigenvalue weighted by Gasteiger charge is 2.36. The number of para-hydroxylation sites is 1. The lowest BCUT2D eigenvalue weighted by molar-refractivity contribution is 0.0211. The molecule has 0 aromatic heterocycles. The Balaban J connectivity index is 1.95. The van der Waals surface area contributed by atoms with Crippen LogP contribution >= 0.6 is 0 Å². The molecule has 5 N–H and O–H groups in total. The summed E-state index contributed by atoms with van der Waals surface area (Å²) in [6.07, 6.45) is -1.77. The Labute approximate surface area is 197 Å². The van der Waals surface area contributed by atoms with Crippen molar-refractivity contribution in [3.8, 4) is 0 Å². The summed E-state index contributed by atoms with van der Waals surface area (Å²) in [6, 6.07) is 13.8. The molecule has 10 nitrogen and oxygen atoms in total. The molecule has 3 amide bonds. The first kappa shape index (κ1) is 24.7. The maximum Gasteiger partial charge on any atom is 0.482 e. The molecule has 1 unspecified atom stereocenters. The van der Waals surface area contributed by atoms with Crippen molar-refractivity contribution in [2.24, 2.45) is 4.99 Å². The van der Waals surface area contributed by atoms with Gasteiger partial charge in [0.15, 0.2) is 0 Å². The number of aliphatic hydroxyl groups is 1. The van der Waals surface area contributed by atoms with Crippen molar-refractivity contribution in [3.63, 3.8) is 0 Å². The van der Waals surface area contributed by atoms with Gasteiger partial charge in [-0.15, -0.1) is 0 Å². The summed E-state index contributed by atoms with van der Waals surface area (Å²) < 4.78 is 0. The molecule has 3 rings (SSSR count). The molecule has 1 aliphatic rings. The number of anilines is 1. The number of amides is 3. The normalized spacial score (nSPS) is 15.9. The molecule has 0 radical (unpaired) electrons. The Kier molecular flexibility index (Phi) is 7.85. The highest BCUT2D eigenvalue weighted by Crippen LogP contribution is 2.21. The number of carboxylic acids is 1. The number of nitrogens with one attached hydrogen (secondary N) is 2. The van der Waals surface area contributed by atoms with E-state index in [1.54, 1.807) is 24.3 Å². The number of hydrogen-bond donors (Lipinski definition) is 4. The number of carbonyl (C=O) groups is 2. The van der Waals surface area contributed by atoms with Crippen molar-refractivity contribution in [3.05, 3.63) is 65.2 Å². The number of guanidine groups is 1. The van der Waals surface area contributed by atoms with Gasteiger partial charge in [-0.1, -0.05) is 42.0 Å². The van der Waals surface area contributed by atoms with Crippen LogP contribution in [0.3, 0.4) is 0 Å². The zero-order valence-electron chi connectivity index (χ0n) is 19.4. The lowest BCUT2D eigenvalue weighted by atomic mass is 10.1. The second kappa shape index (κ2) is 10.8. The van der Waals surface area contributed by atoms with E-state index in [1.165, 1.54) is 4.90 Å². The molecule has 1 atom stereocenters. The lowest BCUT2D eigenvalue weighted by Crippen LogP contribution is -2.56. The van der Waals surface area contributed by atoms with Crippen LogP contribution in [0.4, 0.5) is 10.5 Å². The monoisotopic (exact) mass is 468 g/mol. The van der Waals surface area contributed by atoms with Crippen LogP contribution in [0.15, 0.2) is 53.5 Å². The van der Waals surface area contributed by atoms with Crippen LogP contribution in [0.2, 0.25) is 0 Å². The standard InChI is InChI=1S/C24H29N5O5/c1-15(2)25-21(32)18-6-4-5-7-19(18)26-22-27-23(33)28(13-12-20(30)31)24(34)29(22)14-17-10-8-16(3)9-11-17/h4-11,15,23,33H,12-14H2,1-3H3,(H,25,32)(H,26,27)(H,30,31)/p+1. The van der Waals surface area contributed by atoms with E-state index >= 15 is 0 Å². The molecule has 0 fully saturated rings. The third kappa shape index (κ3) is 6.10. The maximum absolute atomic E-state index is 13.3. The van der Waals surface area contributed by atoms with E-state index in [2.05, 4.69) is 15.6 Å². The average Bonchev–Trinajstić information content (AvgIpc) is 2.77. The topological polar surface area (TPSA) is 139 Å². The molecule has 0 saturated heterocycles. The second-order valence-corrected chi connectivity index (χ2v) is 8.31. The van der Waals surface area contributed by atoms with E-state index in [4.69, 9.17) is 9.90 Å². The van der Waals surface area contributed by atoms with Gasteiger partial charge in [0, 0.05) is 12.6 Å². The lowest BCUT2D eigenvalue weighted by Gasteiger charge is -2.37. The number of aliphatic hydroxyl groups excluding tert-OH is 2. The van der Waals surface area contributed by atoms with Crippen molar-refractivity contribution in [1.29, 1.82) is 0 Å². The van der Waals surface area contributed by atoms with Gasteiger partial charge >= 0.3 is 12.0 Å². The van der Waals surface area contributed by atoms with Crippen molar-refractivity contribution >= 4 is 29.6 Å². The molecule has 2 aromatic rings. The van der Waals surface area contributed by atoms with Gasteiger partial charge in [0.05, 0.1) is 17.8 Å². The molecule has 0 aliphatic carbocycles. The van der Waals surface area contributed by atoms with E-state index in [0.29, 0.717) is 11.3 Å². The van der Waals surface area contributed by atoms with Gasteiger partial charge in [-0.2, -0.15) is 4.99 Å². The predicted octanol–water partition coefficient (Wildman–Crippen LogP) is 2.57. The number of nitrogens with zero attached hydrogens (tertiary/aromatic N) is 3. The summed E-state index contributed by atoms with van der Waals surface area (Å²) in [5, 5.41) is 25.5. The summed E-state index contributed by atoms with van der Waals surface area (Å²) in [7, 11) is 0. The molecule has 10 heteroatoms. The van der Waals surface area contributed by atoms with Gasteiger partial charge < -0.3 is 25.6 Å². The Bertz CT molecular complexity index is 1080.